The molecular weight excluding hydrogens is 380 g/mol. The lowest BCUT2D eigenvalue weighted by atomic mass is 9.47. The zero-order valence-electron chi connectivity index (χ0n) is 16.8. The number of hydrogen-bond acceptors (Lipinski definition) is 3. The molecule has 4 fully saturated rings. The molecule has 4 bridgehead atoms. The van der Waals surface area contributed by atoms with E-state index in [9.17, 15) is 9.59 Å². The van der Waals surface area contributed by atoms with Gasteiger partial charge in [0.05, 0.1) is 6.42 Å². The molecule has 4 nitrogen and oxygen atoms in total. The number of nitrogens with zero attached hydrogens (tertiary/aromatic N) is 1. The third kappa shape index (κ3) is 3.10. The number of carbonyl (C=O) groups is 2. The number of nitrogens with one attached hydrogen (secondary N) is 1. The largest absolute Gasteiger partial charge is 0.330 e. The van der Waals surface area contributed by atoms with Crippen LogP contribution in [0.15, 0.2) is 47.8 Å². The summed E-state index contributed by atoms with van der Waals surface area (Å²) in [5.74, 6) is 2.06. The molecule has 2 aromatic rings. The fourth-order valence-corrected chi connectivity index (χ4v) is 7.31. The van der Waals surface area contributed by atoms with E-state index in [1.54, 1.807) is 11.3 Å². The van der Waals surface area contributed by atoms with Crippen LogP contribution in [0.5, 0.6) is 0 Å². The van der Waals surface area contributed by atoms with Crippen LogP contribution in [0.2, 0.25) is 0 Å². The average Bonchev–Trinajstić information content (AvgIpc) is 3.21. The molecule has 152 valence electrons. The van der Waals surface area contributed by atoms with E-state index >= 15 is 0 Å². The fraction of sp³-hybridized carbons (Fsp3) is 0.500. The van der Waals surface area contributed by atoms with E-state index in [0.29, 0.717) is 6.42 Å². The van der Waals surface area contributed by atoms with Gasteiger partial charge in [-0.15, -0.1) is 11.3 Å². The van der Waals surface area contributed by atoms with E-state index in [-0.39, 0.29) is 23.7 Å². The quantitative estimate of drug-likeness (QED) is 0.787. The summed E-state index contributed by atoms with van der Waals surface area (Å²) < 4.78 is 0. The van der Waals surface area contributed by atoms with E-state index in [1.807, 2.05) is 59.8 Å². The molecular formula is C24H28N2O2S. The van der Waals surface area contributed by atoms with Crippen LogP contribution in [0.25, 0.3) is 0 Å². The molecule has 0 unspecified atom stereocenters. The summed E-state index contributed by atoms with van der Waals surface area (Å²) in [4.78, 5) is 30.1. The Morgan fingerprint density at radius 2 is 1.66 bits per heavy atom. The zero-order valence-corrected chi connectivity index (χ0v) is 17.7. The number of para-hydroxylation sites is 1. The molecule has 1 aromatic heterocycles. The Bertz CT molecular complexity index is 865. The van der Waals surface area contributed by atoms with Crippen molar-refractivity contribution in [1.29, 1.82) is 0 Å². The lowest BCUT2D eigenvalue weighted by Gasteiger charge is -2.62. The summed E-state index contributed by atoms with van der Waals surface area (Å²) in [7, 11) is 1.88. The van der Waals surface area contributed by atoms with Crippen LogP contribution in [-0.2, 0) is 16.0 Å². The number of likely N-dealkylation sites (N-methyl/N-ethyl adjacent to an activating group) is 1. The summed E-state index contributed by atoms with van der Waals surface area (Å²) in [5.41, 5.74) is 0.0854. The van der Waals surface area contributed by atoms with Gasteiger partial charge in [0.15, 0.2) is 0 Å². The van der Waals surface area contributed by atoms with Gasteiger partial charge in [-0.05, 0) is 79.4 Å². The van der Waals surface area contributed by atoms with Crippen LogP contribution < -0.4 is 5.32 Å². The zero-order chi connectivity index (χ0) is 20.0. The molecule has 4 aliphatic rings. The van der Waals surface area contributed by atoms with Gasteiger partial charge in [0.1, 0.15) is 5.54 Å². The van der Waals surface area contributed by atoms with Crippen molar-refractivity contribution in [2.45, 2.75) is 44.1 Å². The van der Waals surface area contributed by atoms with Gasteiger partial charge in [-0.3, -0.25) is 9.59 Å². The molecule has 0 radical (unpaired) electrons. The van der Waals surface area contributed by atoms with Crippen LogP contribution in [0.4, 0.5) is 5.69 Å². The van der Waals surface area contributed by atoms with Crippen molar-refractivity contribution in [3.8, 4) is 0 Å². The third-order valence-corrected chi connectivity index (χ3v) is 8.49. The van der Waals surface area contributed by atoms with E-state index in [1.165, 1.54) is 6.42 Å². The predicted octanol–water partition coefficient (Wildman–Crippen LogP) is 4.58. The first-order chi connectivity index (χ1) is 14.1. The molecule has 1 N–H and O–H groups in total. The first-order valence-corrected chi connectivity index (χ1v) is 11.6. The first-order valence-electron chi connectivity index (χ1n) is 10.7. The van der Waals surface area contributed by atoms with Crippen LogP contribution in [-0.4, -0.2) is 29.3 Å². The Balaban J connectivity index is 1.49. The van der Waals surface area contributed by atoms with Gasteiger partial charge in [0, 0.05) is 17.6 Å². The van der Waals surface area contributed by atoms with Gasteiger partial charge in [-0.25, -0.2) is 0 Å². The Hall–Kier alpha value is -2.14. The average molecular weight is 409 g/mol. The highest BCUT2D eigenvalue weighted by Gasteiger charge is 2.63. The molecule has 4 aliphatic carbocycles. The van der Waals surface area contributed by atoms with Gasteiger partial charge in [-0.1, -0.05) is 24.3 Å². The number of benzene rings is 1. The lowest BCUT2D eigenvalue weighted by molar-refractivity contribution is -0.170. The molecule has 29 heavy (non-hydrogen) atoms. The van der Waals surface area contributed by atoms with Crippen molar-refractivity contribution in [2.75, 3.05) is 12.4 Å². The maximum atomic E-state index is 13.9. The summed E-state index contributed by atoms with van der Waals surface area (Å²) in [6.45, 7) is 0. The molecule has 0 atom stereocenters. The molecule has 1 heterocycles. The van der Waals surface area contributed by atoms with Crippen molar-refractivity contribution < 1.29 is 9.59 Å². The van der Waals surface area contributed by atoms with Crippen molar-refractivity contribution in [3.63, 3.8) is 0 Å². The number of hydrogen-bond donors (Lipinski definition) is 1. The van der Waals surface area contributed by atoms with E-state index in [4.69, 9.17) is 0 Å². The molecule has 0 saturated heterocycles. The summed E-state index contributed by atoms with van der Waals surface area (Å²) >= 11 is 1.61. The minimum absolute atomic E-state index is 0.0135. The highest BCUT2D eigenvalue weighted by molar-refractivity contribution is 7.10. The molecule has 0 spiro atoms. The van der Waals surface area contributed by atoms with Gasteiger partial charge >= 0.3 is 0 Å². The van der Waals surface area contributed by atoms with Crippen LogP contribution >= 0.6 is 11.3 Å². The number of carbonyl (C=O) groups excluding carboxylic acids is 2. The SMILES string of the molecule is CN(C(=O)Cc1cccs1)C1(C(=O)Nc2ccccc2)C2CC3CC(C2)CC1C3. The van der Waals surface area contributed by atoms with Crippen LogP contribution in [0, 0.1) is 23.7 Å². The Kier molecular flexibility index (Phi) is 4.73. The van der Waals surface area contributed by atoms with Gasteiger partial charge in [0.25, 0.3) is 5.91 Å². The van der Waals surface area contributed by atoms with E-state index < -0.39 is 5.54 Å². The van der Waals surface area contributed by atoms with Crippen molar-refractivity contribution in [3.05, 3.63) is 52.7 Å². The maximum absolute atomic E-state index is 13.9. The van der Waals surface area contributed by atoms with E-state index in [2.05, 4.69) is 5.32 Å². The summed E-state index contributed by atoms with van der Waals surface area (Å²) in [6.07, 6.45) is 5.99. The number of thiophene rings is 1. The highest BCUT2D eigenvalue weighted by atomic mass is 32.1. The third-order valence-electron chi connectivity index (χ3n) is 7.61. The van der Waals surface area contributed by atoms with E-state index in [0.717, 1.165) is 48.1 Å². The maximum Gasteiger partial charge on any atom is 0.250 e. The van der Waals surface area contributed by atoms with Gasteiger partial charge < -0.3 is 10.2 Å². The molecule has 1 aromatic carbocycles. The highest BCUT2D eigenvalue weighted by Crippen LogP contribution is 2.60. The number of amides is 2. The molecule has 2 amide bonds. The first kappa shape index (κ1) is 18.9. The van der Waals surface area contributed by atoms with Crippen molar-refractivity contribution in [2.24, 2.45) is 23.7 Å². The normalized spacial score (nSPS) is 32.2. The molecule has 4 saturated carbocycles. The molecule has 6 rings (SSSR count). The number of anilines is 1. The predicted molar refractivity (Wildman–Crippen MR) is 116 cm³/mol. The summed E-state index contributed by atoms with van der Waals surface area (Å²) in [6, 6.07) is 13.7. The Labute approximate surface area is 176 Å². The number of rotatable bonds is 5. The van der Waals surface area contributed by atoms with Crippen molar-refractivity contribution in [1.82, 2.24) is 4.90 Å². The van der Waals surface area contributed by atoms with Crippen molar-refractivity contribution >= 4 is 28.8 Å². The Morgan fingerprint density at radius 3 is 2.24 bits per heavy atom. The standard InChI is InChI=1S/C24H28N2O2S/c1-26(22(27)15-21-8-5-9-29-21)24(23(28)25-20-6-3-2-4-7-20)18-11-16-10-17(13-18)14-19(24)12-16/h2-9,16-19H,10-15H2,1H3,(H,25,28). The second kappa shape index (κ2) is 7.28. The molecule has 0 aliphatic heterocycles. The van der Waals surface area contributed by atoms with Gasteiger partial charge in [-0.2, -0.15) is 0 Å². The van der Waals surface area contributed by atoms with Crippen LogP contribution in [0.1, 0.15) is 37.0 Å². The Morgan fingerprint density at radius 1 is 1.00 bits per heavy atom. The second-order valence-electron chi connectivity index (χ2n) is 9.16. The minimum Gasteiger partial charge on any atom is -0.330 e. The van der Waals surface area contributed by atoms with Crippen LogP contribution in [0.3, 0.4) is 0 Å². The van der Waals surface area contributed by atoms with Gasteiger partial charge in [0.2, 0.25) is 5.91 Å². The topological polar surface area (TPSA) is 49.4 Å². The monoisotopic (exact) mass is 408 g/mol. The minimum atomic E-state index is -0.725. The fourth-order valence-electron chi connectivity index (χ4n) is 6.61. The second-order valence-corrected chi connectivity index (χ2v) is 10.2. The summed E-state index contributed by atoms with van der Waals surface area (Å²) in [5, 5.41) is 5.18. The molecule has 5 heteroatoms. The lowest BCUT2D eigenvalue weighted by Crippen LogP contribution is -2.71. The smallest absolute Gasteiger partial charge is 0.250 e.